The van der Waals surface area contributed by atoms with Crippen molar-refractivity contribution in [2.75, 3.05) is 5.32 Å². The van der Waals surface area contributed by atoms with E-state index >= 15 is 0 Å². The van der Waals surface area contributed by atoms with Gasteiger partial charge in [0.05, 0.1) is 0 Å². The maximum atomic E-state index is 5.79. The average molecular weight is 309 g/mol. The fraction of sp³-hybridized carbons (Fsp3) is 0.474. The summed E-state index contributed by atoms with van der Waals surface area (Å²) in [6.07, 6.45) is 9.91. The molecule has 0 saturated heterocycles. The molecule has 2 fully saturated rings. The average Bonchev–Trinajstić information content (AvgIpc) is 2.98. The maximum absolute atomic E-state index is 5.79. The zero-order chi connectivity index (χ0) is 15.5. The van der Waals surface area contributed by atoms with Crippen molar-refractivity contribution in [1.29, 1.82) is 0 Å². The first-order valence-corrected chi connectivity index (χ1v) is 8.69. The second kappa shape index (κ2) is 6.57. The van der Waals surface area contributed by atoms with E-state index < -0.39 is 0 Å². The number of para-hydroxylation sites is 1. The summed E-state index contributed by atoms with van der Waals surface area (Å²) in [5.74, 6) is 3.88. The minimum absolute atomic E-state index is 0.509. The Balaban J connectivity index is 1.41. The molecule has 3 atom stereocenters. The molecule has 23 heavy (non-hydrogen) atoms. The lowest BCUT2D eigenvalue weighted by Gasteiger charge is -2.23. The zero-order valence-corrected chi connectivity index (χ0v) is 13.3. The number of hydrogen-bond donors (Lipinski definition) is 1. The highest BCUT2D eigenvalue weighted by Gasteiger charge is 2.35. The van der Waals surface area contributed by atoms with Gasteiger partial charge < -0.3 is 10.1 Å². The van der Waals surface area contributed by atoms with Gasteiger partial charge in [0.1, 0.15) is 5.75 Å². The van der Waals surface area contributed by atoms with E-state index in [0.717, 1.165) is 17.6 Å². The van der Waals surface area contributed by atoms with E-state index in [9.17, 15) is 0 Å². The molecular weight excluding hydrogens is 286 g/mol. The third-order valence-electron chi connectivity index (χ3n) is 5.17. The molecule has 0 radical (unpaired) electrons. The SMILES string of the molecule is c1ccc(Oc2ccnc(NC3C[C@H]4CCCC[C@H]4C3)n2)cc1. The van der Waals surface area contributed by atoms with Crippen LogP contribution in [0.3, 0.4) is 0 Å². The topological polar surface area (TPSA) is 47.0 Å². The van der Waals surface area contributed by atoms with Gasteiger partial charge >= 0.3 is 0 Å². The standard InChI is InChI=1S/C19H23N3O/c1-2-8-17(9-3-1)23-18-10-11-20-19(22-18)21-16-12-14-6-4-5-7-15(14)13-16/h1-3,8-11,14-16H,4-7,12-13H2,(H,20,21,22)/t14-,15+,16?. The van der Waals surface area contributed by atoms with Crippen LogP contribution in [0.5, 0.6) is 11.6 Å². The fourth-order valence-electron chi connectivity index (χ4n) is 4.11. The molecule has 1 unspecified atom stereocenters. The maximum Gasteiger partial charge on any atom is 0.226 e. The molecule has 2 aliphatic rings. The Labute approximate surface area is 137 Å². The van der Waals surface area contributed by atoms with Crippen molar-refractivity contribution in [3.63, 3.8) is 0 Å². The van der Waals surface area contributed by atoms with Gasteiger partial charge in [-0.2, -0.15) is 4.98 Å². The van der Waals surface area contributed by atoms with Crippen LogP contribution in [0.25, 0.3) is 0 Å². The minimum atomic E-state index is 0.509. The van der Waals surface area contributed by atoms with Crippen LogP contribution in [-0.4, -0.2) is 16.0 Å². The Morgan fingerprint density at radius 1 is 0.957 bits per heavy atom. The highest BCUT2D eigenvalue weighted by molar-refractivity contribution is 5.32. The number of anilines is 1. The van der Waals surface area contributed by atoms with Gasteiger partial charge in [0.25, 0.3) is 0 Å². The summed E-state index contributed by atoms with van der Waals surface area (Å²) < 4.78 is 5.79. The van der Waals surface area contributed by atoms with Crippen molar-refractivity contribution in [3.05, 3.63) is 42.6 Å². The number of benzene rings is 1. The van der Waals surface area contributed by atoms with Crippen molar-refractivity contribution in [1.82, 2.24) is 9.97 Å². The van der Waals surface area contributed by atoms with Crippen molar-refractivity contribution < 1.29 is 4.74 Å². The van der Waals surface area contributed by atoms with Gasteiger partial charge in [-0.15, -0.1) is 0 Å². The van der Waals surface area contributed by atoms with Crippen LogP contribution in [-0.2, 0) is 0 Å². The number of aromatic nitrogens is 2. The molecule has 4 nitrogen and oxygen atoms in total. The molecule has 1 aromatic carbocycles. The quantitative estimate of drug-likeness (QED) is 0.893. The summed E-state index contributed by atoms with van der Waals surface area (Å²) in [6.45, 7) is 0. The van der Waals surface area contributed by atoms with E-state index in [0.29, 0.717) is 17.9 Å². The number of nitrogens with zero attached hydrogens (tertiary/aromatic N) is 2. The van der Waals surface area contributed by atoms with Gasteiger partial charge in [0.2, 0.25) is 11.8 Å². The van der Waals surface area contributed by atoms with Gasteiger partial charge in [-0.1, -0.05) is 43.9 Å². The number of nitrogens with one attached hydrogen (secondary N) is 1. The molecule has 1 N–H and O–H groups in total. The van der Waals surface area contributed by atoms with Gasteiger partial charge in [-0.05, 0) is 36.8 Å². The van der Waals surface area contributed by atoms with E-state index in [4.69, 9.17) is 4.74 Å². The lowest BCUT2D eigenvalue weighted by molar-refractivity contribution is 0.277. The second-order valence-corrected chi connectivity index (χ2v) is 6.75. The Bertz CT molecular complexity index is 632. The van der Waals surface area contributed by atoms with Crippen LogP contribution in [0.2, 0.25) is 0 Å². The number of rotatable bonds is 4. The molecule has 0 amide bonds. The van der Waals surface area contributed by atoms with E-state index in [1.165, 1.54) is 38.5 Å². The molecule has 4 heteroatoms. The molecule has 0 aliphatic heterocycles. The van der Waals surface area contributed by atoms with Crippen LogP contribution < -0.4 is 10.1 Å². The van der Waals surface area contributed by atoms with Crippen LogP contribution in [0.15, 0.2) is 42.6 Å². The molecule has 1 aromatic heterocycles. The molecule has 2 saturated carbocycles. The summed E-state index contributed by atoms with van der Waals surface area (Å²) >= 11 is 0. The van der Waals surface area contributed by atoms with Gasteiger partial charge in [-0.3, -0.25) is 0 Å². The molecule has 2 aromatic rings. The molecule has 1 heterocycles. The van der Waals surface area contributed by atoms with Crippen molar-refractivity contribution in [2.24, 2.45) is 11.8 Å². The lowest BCUT2D eigenvalue weighted by atomic mass is 9.82. The minimum Gasteiger partial charge on any atom is -0.439 e. The van der Waals surface area contributed by atoms with Gasteiger partial charge in [0, 0.05) is 18.3 Å². The highest BCUT2D eigenvalue weighted by atomic mass is 16.5. The Morgan fingerprint density at radius 3 is 2.43 bits per heavy atom. The highest BCUT2D eigenvalue weighted by Crippen LogP contribution is 2.42. The van der Waals surface area contributed by atoms with Crippen LogP contribution >= 0.6 is 0 Å². The Morgan fingerprint density at radius 2 is 1.70 bits per heavy atom. The van der Waals surface area contributed by atoms with Crippen molar-refractivity contribution in [2.45, 2.75) is 44.6 Å². The number of ether oxygens (including phenoxy) is 1. The Kier molecular flexibility index (Phi) is 4.14. The predicted molar refractivity (Wildman–Crippen MR) is 90.6 cm³/mol. The van der Waals surface area contributed by atoms with Crippen LogP contribution in [0.4, 0.5) is 5.95 Å². The molecule has 2 aliphatic carbocycles. The molecule has 120 valence electrons. The number of fused-ring (bicyclic) bond motifs is 1. The summed E-state index contributed by atoms with van der Waals surface area (Å²) in [6, 6.07) is 12.0. The smallest absolute Gasteiger partial charge is 0.226 e. The lowest BCUT2D eigenvalue weighted by Crippen LogP contribution is -2.17. The summed E-state index contributed by atoms with van der Waals surface area (Å²) in [7, 11) is 0. The third kappa shape index (κ3) is 3.46. The van der Waals surface area contributed by atoms with E-state index in [1.54, 1.807) is 12.3 Å². The van der Waals surface area contributed by atoms with E-state index in [1.807, 2.05) is 30.3 Å². The largest absolute Gasteiger partial charge is 0.439 e. The Hall–Kier alpha value is -2.10. The van der Waals surface area contributed by atoms with Crippen molar-refractivity contribution in [3.8, 4) is 11.6 Å². The zero-order valence-electron chi connectivity index (χ0n) is 13.3. The van der Waals surface area contributed by atoms with Crippen LogP contribution in [0.1, 0.15) is 38.5 Å². The normalized spacial score (nSPS) is 26.5. The van der Waals surface area contributed by atoms with Gasteiger partial charge in [0.15, 0.2) is 0 Å². The van der Waals surface area contributed by atoms with Gasteiger partial charge in [-0.25, -0.2) is 4.98 Å². The monoisotopic (exact) mass is 309 g/mol. The first kappa shape index (κ1) is 14.5. The fourth-order valence-corrected chi connectivity index (χ4v) is 4.11. The first-order chi connectivity index (χ1) is 11.4. The van der Waals surface area contributed by atoms with E-state index in [-0.39, 0.29) is 0 Å². The second-order valence-electron chi connectivity index (χ2n) is 6.75. The molecule has 4 rings (SSSR count). The summed E-state index contributed by atoms with van der Waals surface area (Å²) in [5.41, 5.74) is 0. The summed E-state index contributed by atoms with van der Waals surface area (Å²) in [4.78, 5) is 8.86. The number of hydrogen-bond acceptors (Lipinski definition) is 4. The van der Waals surface area contributed by atoms with Crippen molar-refractivity contribution >= 4 is 5.95 Å². The first-order valence-electron chi connectivity index (χ1n) is 8.69. The molecule has 0 spiro atoms. The van der Waals surface area contributed by atoms with E-state index in [2.05, 4.69) is 15.3 Å². The predicted octanol–water partition coefficient (Wildman–Crippen LogP) is 4.65. The van der Waals surface area contributed by atoms with Crippen LogP contribution in [0, 0.1) is 11.8 Å². The molecular formula is C19H23N3O. The third-order valence-corrected chi connectivity index (χ3v) is 5.17. The molecule has 0 bridgehead atoms. The summed E-state index contributed by atoms with van der Waals surface area (Å²) in [5, 5.41) is 3.52.